The van der Waals surface area contributed by atoms with Crippen molar-refractivity contribution in [2.75, 3.05) is 11.9 Å². The van der Waals surface area contributed by atoms with E-state index in [1.54, 1.807) is 11.3 Å². The number of rotatable bonds is 3. The number of nitriles is 1. The van der Waals surface area contributed by atoms with Crippen LogP contribution in [0.4, 0.5) is 5.69 Å². The van der Waals surface area contributed by atoms with Gasteiger partial charge in [0.2, 0.25) is 0 Å². The molecule has 0 aliphatic carbocycles. The summed E-state index contributed by atoms with van der Waals surface area (Å²) in [6.45, 7) is 3.11. The molecule has 1 aromatic heterocycles. The predicted molar refractivity (Wildman–Crippen MR) is 65.3 cm³/mol. The summed E-state index contributed by atoms with van der Waals surface area (Å²) in [7, 11) is 0. The molecule has 0 amide bonds. The normalized spacial score (nSPS) is 10.1. The Morgan fingerprint density at radius 1 is 1.40 bits per heavy atom. The van der Waals surface area contributed by atoms with Gasteiger partial charge in [-0.3, -0.25) is 0 Å². The first-order chi connectivity index (χ1) is 7.36. The molecule has 0 unspecified atom stereocenters. The molecule has 1 heterocycles. The Morgan fingerprint density at radius 3 is 3.00 bits per heavy atom. The van der Waals surface area contributed by atoms with Crippen LogP contribution < -0.4 is 5.32 Å². The van der Waals surface area contributed by atoms with Crippen LogP contribution in [-0.4, -0.2) is 6.54 Å². The Labute approximate surface area is 93.2 Å². The van der Waals surface area contributed by atoms with E-state index >= 15 is 0 Å². The molecule has 0 aliphatic heterocycles. The molecule has 0 fully saturated rings. The van der Waals surface area contributed by atoms with E-state index in [0.717, 1.165) is 34.3 Å². The zero-order valence-electron chi connectivity index (χ0n) is 8.58. The van der Waals surface area contributed by atoms with Crippen molar-refractivity contribution >= 4 is 27.1 Å². The summed E-state index contributed by atoms with van der Waals surface area (Å²) in [6, 6.07) is 8.17. The van der Waals surface area contributed by atoms with Crippen LogP contribution in [0.2, 0.25) is 0 Å². The maximum atomic E-state index is 8.96. The molecule has 3 heteroatoms. The van der Waals surface area contributed by atoms with E-state index in [1.807, 2.05) is 17.5 Å². The van der Waals surface area contributed by atoms with E-state index in [4.69, 9.17) is 5.26 Å². The van der Waals surface area contributed by atoms with E-state index in [-0.39, 0.29) is 0 Å². The molecule has 1 aromatic carbocycles. The Morgan fingerprint density at radius 2 is 2.27 bits per heavy atom. The van der Waals surface area contributed by atoms with Crippen LogP contribution >= 0.6 is 11.3 Å². The van der Waals surface area contributed by atoms with Gasteiger partial charge in [-0.15, -0.1) is 11.3 Å². The summed E-state index contributed by atoms with van der Waals surface area (Å²) in [5.41, 5.74) is 1.90. The second kappa shape index (κ2) is 4.33. The molecule has 2 aromatic rings. The highest BCUT2D eigenvalue weighted by Crippen LogP contribution is 2.30. The van der Waals surface area contributed by atoms with Crippen LogP contribution in [0.5, 0.6) is 0 Å². The lowest BCUT2D eigenvalue weighted by Crippen LogP contribution is -1.99. The number of thiophene rings is 1. The monoisotopic (exact) mass is 216 g/mol. The summed E-state index contributed by atoms with van der Waals surface area (Å²) in [5, 5.41) is 15.5. The number of benzene rings is 1. The average Bonchev–Trinajstić information content (AvgIpc) is 2.74. The fourth-order valence-electron chi connectivity index (χ4n) is 1.56. The van der Waals surface area contributed by atoms with Gasteiger partial charge in [0, 0.05) is 17.6 Å². The van der Waals surface area contributed by atoms with Gasteiger partial charge in [-0.1, -0.05) is 6.92 Å². The first kappa shape index (κ1) is 10.0. The molecule has 1 N–H and O–H groups in total. The third kappa shape index (κ3) is 1.81. The first-order valence-electron chi connectivity index (χ1n) is 5.01. The Hall–Kier alpha value is -1.53. The fraction of sp³-hybridized carbons (Fsp3) is 0.250. The predicted octanol–water partition coefficient (Wildman–Crippen LogP) is 3.59. The maximum Gasteiger partial charge on any atom is 0.101 e. The van der Waals surface area contributed by atoms with E-state index in [9.17, 15) is 0 Å². The van der Waals surface area contributed by atoms with Gasteiger partial charge in [0.25, 0.3) is 0 Å². The molecule has 0 radical (unpaired) electrons. The summed E-state index contributed by atoms with van der Waals surface area (Å²) in [4.78, 5) is 0. The summed E-state index contributed by atoms with van der Waals surface area (Å²) in [6.07, 6.45) is 1.10. The molecule has 0 aliphatic rings. The fourth-order valence-corrected chi connectivity index (χ4v) is 2.45. The highest BCUT2D eigenvalue weighted by molar-refractivity contribution is 7.17. The van der Waals surface area contributed by atoms with Crippen LogP contribution in [-0.2, 0) is 0 Å². The Balaban J connectivity index is 2.50. The van der Waals surface area contributed by atoms with Gasteiger partial charge in [0.15, 0.2) is 0 Å². The summed E-state index contributed by atoms with van der Waals surface area (Å²) in [5.74, 6) is 0. The minimum Gasteiger partial charge on any atom is -0.385 e. The smallest absolute Gasteiger partial charge is 0.101 e. The van der Waals surface area contributed by atoms with Gasteiger partial charge in [-0.05, 0) is 30.0 Å². The van der Waals surface area contributed by atoms with Gasteiger partial charge < -0.3 is 5.32 Å². The van der Waals surface area contributed by atoms with Gasteiger partial charge in [0.05, 0.1) is 10.3 Å². The van der Waals surface area contributed by atoms with Gasteiger partial charge in [-0.2, -0.15) is 5.26 Å². The Bertz CT molecular complexity index is 508. The van der Waals surface area contributed by atoms with Crippen molar-refractivity contribution in [3.05, 3.63) is 29.1 Å². The van der Waals surface area contributed by atoms with Crippen molar-refractivity contribution in [1.82, 2.24) is 0 Å². The number of nitrogens with one attached hydrogen (secondary N) is 1. The number of fused-ring (bicyclic) bond motifs is 1. The molecule has 76 valence electrons. The second-order valence-electron chi connectivity index (χ2n) is 3.36. The van der Waals surface area contributed by atoms with Gasteiger partial charge >= 0.3 is 0 Å². The largest absolute Gasteiger partial charge is 0.385 e. The number of hydrogen-bond donors (Lipinski definition) is 1. The lowest BCUT2D eigenvalue weighted by atomic mass is 10.1. The molecule has 0 atom stereocenters. The van der Waals surface area contributed by atoms with E-state index < -0.39 is 0 Å². The van der Waals surface area contributed by atoms with Crippen LogP contribution in [0, 0.1) is 11.3 Å². The second-order valence-corrected chi connectivity index (χ2v) is 4.28. The highest BCUT2D eigenvalue weighted by atomic mass is 32.1. The van der Waals surface area contributed by atoms with Crippen molar-refractivity contribution < 1.29 is 0 Å². The molecule has 15 heavy (non-hydrogen) atoms. The molecule has 0 saturated heterocycles. The highest BCUT2D eigenvalue weighted by Gasteiger charge is 2.05. The third-order valence-electron chi connectivity index (χ3n) is 2.30. The third-order valence-corrected chi connectivity index (χ3v) is 3.25. The summed E-state index contributed by atoms with van der Waals surface area (Å²) < 4.78 is 1.08. The minimum absolute atomic E-state index is 0.766. The number of nitrogens with zero attached hydrogens (tertiary/aromatic N) is 1. The molecular formula is C12H12N2S. The standard InChI is InChI=1S/C12H12N2S/c1-2-6-14-11-4-3-9(8-13)12-10(11)5-7-15-12/h3-5,7,14H,2,6H2,1H3. The van der Waals surface area contributed by atoms with Gasteiger partial charge in [-0.25, -0.2) is 0 Å². The van der Waals surface area contributed by atoms with Gasteiger partial charge in [0.1, 0.15) is 6.07 Å². The Kier molecular flexibility index (Phi) is 2.89. The van der Waals surface area contributed by atoms with Crippen molar-refractivity contribution in [3.63, 3.8) is 0 Å². The van der Waals surface area contributed by atoms with E-state index in [2.05, 4.69) is 24.4 Å². The first-order valence-corrected chi connectivity index (χ1v) is 5.89. The van der Waals surface area contributed by atoms with Crippen molar-refractivity contribution in [1.29, 1.82) is 5.26 Å². The SMILES string of the molecule is CCCNc1ccc(C#N)c2sccc12. The minimum atomic E-state index is 0.766. The molecule has 0 saturated carbocycles. The zero-order valence-corrected chi connectivity index (χ0v) is 9.40. The molecule has 2 rings (SSSR count). The number of anilines is 1. The molecule has 2 nitrogen and oxygen atoms in total. The molecular weight excluding hydrogens is 204 g/mol. The maximum absolute atomic E-state index is 8.96. The number of hydrogen-bond acceptors (Lipinski definition) is 3. The van der Waals surface area contributed by atoms with Crippen LogP contribution in [0.25, 0.3) is 10.1 Å². The quantitative estimate of drug-likeness (QED) is 0.851. The lowest BCUT2D eigenvalue weighted by molar-refractivity contribution is 0.981. The molecule has 0 spiro atoms. The van der Waals surface area contributed by atoms with E-state index in [0.29, 0.717) is 0 Å². The average molecular weight is 216 g/mol. The topological polar surface area (TPSA) is 35.8 Å². The molecule has 0 bridgehead atoms. The van der Waals surface area contributed by atoms with Crippen LogP contribution in [0.3, 0.4) is 0 Å². The van der Waals surface area contributed by atoms with Crippen molar-refractivity contribution in [2.24, 2.45) is 0 Å². The van der Waals surface area contributed by atoms with E-state index in [1.165, 1.54) is 0 Å². The summed E-state index contributed by atoms with van der Waals surface area (Å²) >= 11 is 1.62. The van der Waals surface area contributed by atoms with Crippen LogP contribution in [0.1, 0.15) is 18.9 Å². The van der Waals surface area contributed by atoms with Crippen LogP contribution in [0.15, 0.2) is 23.6 Å². The lowest BCUT2D eigenvalue weighted by Gasteiger charge is -2.06. The van der Waals surface area contributed by atoms with Crippen molar-refractivity contribution in [2.45, 2.75) is 13.3 Å². The zero-order chi connectivity index (χ0) is 10.7. The van der Waals surface area contributed by atoms with Crippen molar-refractivity contribution in [3.8, 4) is 6.07 Å².